The summed E-state index contributed by atoms with van der Waals surface area (Å²) in [6.45, 7) is 0.419. The van der Waals surface area contributed by atoms with Crippen molar-refractivity contribution in [3.8, 4) is 0 Å². The number of fused-ring (bicyclic) bond motifs is 3. The first kappa shape index (κ1) is 16.1. The summed E-state index contributed by atoms with van der Waals surface area (Å²) in [6.07, 6.45) is 0.711. The molecule has 5 nitrogen and oxygen atoms in total. The highest BCUT2D eigenvalue weighted by Crippen LogP contribution is 2.36. The van der Waals surface area contributed by atoms with Crippen LogP contribution in [-0.4, -0.2) is 36.0 Å². The van der Waals surface area contributed by atoms with E-state index in [1.54, 1.807) is 4.90 Å². The van der Waals surface area contributed by atoms with Gasteiger partial charge in [0, 0.05) is 6.54 Å². The Kier molecular flexibility index (Phi) is 3.76. The number of rotatable bonds is 2. The van der Waals surface area contributed by atoms with Crippen molar-refractivity contribution in [1.29, 1.82) is 0 Å². The molecule has 25 heavy (non-hydrogen) atoms. The van der Waals surface area contributed by atoms with Crippen LogP contribution in [0.15, 0.2) is 48.5 Å². The van der Waals surface area contributed by atoms with Gasteiger partial charge in [0.2, 0.25) is 10.0 Å². The van der Waals surface area contributed by atoms with Crippen molar-refractivity contribution in [2.45, 2.75) is 19.0 Å². The first-order valence-electron chi connectivity index (χ1n) is 8.09. The molecular weight excluding hydrogens is 343 g/mol. The van der Waals surface area contributed by atoms with Crippen LogP contribution in [0.5, 0.6) is 0 Å². The first-order valence-corrected chi connectivity index (χ1v) is 9.70. The lowest BCUT2D eigenvalue weighted by Crippen LogP contribution is -2.56. The molecule has 7 heteroatoms. The molecule has 0 spiro atoms. The van der Waals surface area contributed by atoms with E-state index in [9.17, 15) is 17.6 Å². The van der Waals surface area contributed by atoms with Gasteiger partial charge in [-0.2, -0.15) is 0 Å². The molecule has 0 aromatic heterocycles. The van der Waals surface area contributed by atoms with E-state index in [1.165, 1.54) is 24.3 Å². The number of carbonyl (C=O) groups is 1. The molecule has 2 amide bonds. The van der Waals surface area contributed by atoms with Gasteiger partial charge >= 0.3 is 6.03 Å². The Hall–Kier alpha value is -2.41. The SMILES string of the molecule is O=C1N2CCc3ccccc3C2CS(=O)(=O)N1Cc1ccc(F)cc1. The largest absolute Gasteiger partial charge is 0.334 e. The molecule has 2 heterocycles. The Labute approximate surface area is 145 Å². The van der Waals surface area contributed by atoms with Crippen LogP contribution in [0, 0.1) is 5.82 Å². The molecule has 4 rings (SSSR count). The van der Waals surface area contributed by atoms with Gasteiger partial charge in [-0.15, -0.1) is 0 Å². The van der Waals surface area contributed by atoms with Crippen LogP contribution in [0.25, 0.3) is 0 Å². The average molecular weight is 360 g/mol. The van der Waals surface area contributed by atoms with Crippen LogP contribution < -0.4 is 0 Å². The molecule has 2 aromatic carbocycles. The van der Waals surface area contributed by atoms with Gasteiger partial charge in [0.1, 0.15) is 5.82 Å². The van der Waals surface area contributed by atoms with Crippen LogP contribution in [0.4, 0.5) is 9.18 Å². The van der Waals surface area contributed by atoms with Gasteiger partial charge in [-0.3, -0.25) is 0 Å². The first-order chi connectivity index (χ1) is 12.0. The molecule has 0 N–H and O–H groups in total. The fraction of sp³-hybridized carbons (Fsp3) is 0.278. The molecule has 2 aliphatic heterocycles. The number of urea groups is 1. The van der Waals surface area contributed by atoms with Gasteiger partial charge in [0.25, 0.3) is 0 Å². The molecular formula is C18H17FN2O3S. The monoisotopic (exact) mass is 360 g/mol. The number of hydrogen-bond donors (Lipinski definition) is 0. The highest BCUT2D eigenvalue weighted by atomic mass is 32.2. The third-order valence-electron chi connectivity index (χ3n) is 4.82. The van der Waals surface area contributed by atoms with Gasteiger partial charge < -0.3 is 4.90 Å². The Bertz CT molecular complexity index is 928. The second-order valence-electron chi connectivity index (χ2n) is 6.35. The van der Waals surface area contributed by atoms with E-state index in [0.717, 1.165) is 15.4 Å². The molecule has 1 saturated heterocycles. The van der Waals surface area contributed by atoms with Crippen LogP contribution in [0.3, 0.4) is 0 Å². The Morgan fingerprint density at radius 2 is 1.80 bits per heavy atom. The quantitative estimate of drug-likeness (QED) is 0.827. The molecule has 130 valence electrons. The zero-order valence-electron chi connectivity index (χ0n) is 13.4. The van der Waals surface area contributed by atoms with Crippen molar-refractivity contribution in [3.63, 3.8) is 0 Å². The fourth-order valence-corrected chi connectivity index (χ4v) is 5.16. The predicted octanol–water partition coefficient (Wildman–Crippen LogP) is 2.69. The lowest BCUT2D eigenvalue weighted by Gasteiger charge is -2.44. The standard InChI is InChI=1S/C18H17FN2O3S/c19-15-7-5-13(6-8-15)11-21-18(22)20-10-9-14-3-1-2-4-16(14)17(20)12-25(21,23)24/h1-8,17H,9-12H2. The minimum Gasteiger partial charge on any atom is -0.315 e. The zero-order chi connectivity index (χ0) is 17.6. The summed E-state index contributed by atoms with van der Waals surface area (Å²) in [5.41, 5.74) is 2.58. The van der Waals surface area contributed by atoms with Crippen molar-refractivity contribution in [3.05, 3.63) is 71.0 Å². The maximum atomic E-state index is 13.0. The van der Waals surface area contributed by atoms with E-state index in [0.29, 0.717) is 18.5 Å². The van der Waals surface area contributed by atoms with Crippen molar-refractivity contribution in [2.24, 2.45) is 0 Å². The number of amides is 2. The van der Waals surface area contributed by atoms with Gasteiger partial charge in [0.05, 0.1) is 18.3 Å². The van der Waals surface area contributed by atoms with Crippen molar-refractivity contribution in [2.75, 3.05) is 12.3 Å². The number of benzene rings is 2. The summed E-state index contributed by atoms with van der Waals surface area (Å²) in [4.78, 5) is 14.5. The lowest BCUT2D eigenvalue weighted by atomic mass is 9.94. The fourth-order valence-electron chi connectivity index (χ4n) is 3.53. The molecule has 2 aromatic rings. The molecule has 0 bridgehead atoms. The molecule has 0 saturated carbocycles. The minimum absolute atomic E-state index is 0.0771. The Morgan fingerprint density at radius 1 is 1.08 bits per heavy atom. The molecule has 0 radical (unpaired) electrons. The third-order valence-corrected chi connectivity index (χ3v) is 6.51. The Morgan fingerprint density at radius 3 is 2.56 bits per heavy atom. The highest BCUT2D eigenvalue weighted by molar-refractivity contribution is 7.89. The van der Waals surface area contributed by atoms with E-state index in [2.05, 4.69) is 0 Å². The topological polar surface area (TPSA) is 57.7 Å². The molecule has 1 atom stereocenters. The maximum Gasteiger partial charge on any atom is 0.334 e. The molecule has 0 aliphatic carbocycles. The van der Waals surface area contributed by atoms with E-state index in [1.807, 2.05) is 24.3 Å². The van der Waals surface area contributed by atoms with E-state index >= 15 is 0 Å². The van der Waals surface area contributed by atoms with E-state index in [-0.39, 0.29) is 12.3 Å². The predicted molar refractivity (Wildman–Crippen MR) is 90.7 cm³/mol. The maximum absolute atomic E-state index is 13.0. The summed E-state index contributed by atoms with van der Waals surface area (Å²) in [5.74, 6) is -0.527. The smallest absolute Gasteiger partial charge is 0.315 e. The van der Waals surface area contributed by atoms with Gasteiger partial charge in [0.15, 0.2) is 0 Å². The van der Waals surface area contributed by atoms with Crippen molar-refractivity contribution in [1.82, 2.24) is 9.21 Å². The summed E-state index contributed by atoms with van der Waals surface area (Å²) in [5, 5.41) is 0. The van der Waals surface area contributed by atoms with Crippen LogP contribution in [0.2, 0.25) is 0 Å². The number of carbonyl (C=O) groups excluding carboxylic acids is 1. The zero-order valence-corrected chi connectivity index (χ0v) is 14.2. The summed E-state index contributed by atoms with van der Waals surface area (Å²) < 4.78 is 39.4. The number of hydrogen-bond acceptors (Lipinski definition) is 3. The number of nitrogens with zero attached hydrogens (tertiary/aromatic N) is 2. The Balaban J connectivity index is 1.67. The molecule has 1 unspecified atom stereocenters. The van der Waals surface area contributed by atoms with Crippen LogP contribution >= 0.6 is 0 Å². The molecule has 2 aliphatic rings. The van der Waals surface area contributed by atoms with Gasteiger partial charge in [-0.25, -0.2) is 21.9 Å². The average Bonchev–Trinajstić information content (AvgIpc) is 2.60. The number of halogens is 1. The van der Waals surface area contributed by atoms with Gasteiger partial charge in [-0.05, 0) is 35.2 Å². The second-order valence-corrected chi connectivity index (χ2v) is 8.29. The summed E-state index contributed by atoms with van der Waals surface area (Å²) in [6, 6.07) is 12.2. The minimum atomic E-state index is -3.75. The van der Waals surface area contributed by atoms with Gasteiger partial charge in [-0.1, -0.05) is 36.4 Å². The van der Waals surface area contributed by atoms with E-state index in [4.69, 9.17) is 0 Å². The van der Waals surface area contributed by atoms with Crippen LogP contribution in [-0.2, 0) is 23.0 Å². The normalized spacial score (nSPS) is 21.6. The van der Waals surface area contributed by atoms with Crippen molar-refractivity contribution < 1.29 is 17.6 Å². The lowest BCUT2D eigenvalue weighted by molar-refractivity contribution is 0.145. The highest BCUT2D eigenvalue weighted by Gasteiger charge is 2.45. The summed E-state index contributed by atoms with van der Waals surface area (Å²) >= 11 is 0. The van der Waals surface area contributed by atoms with E-state index < -0.39 is 27.9 Å². The van der Waals surface area contributed by atoms with Crippen LogP contribution in [0.1, 0.15) is 22.7 Å². The molecule has 1 fully saturated rings. The second kappa shape index (κ2) is 5.84. The summed E-state index contributed by atoms with van der Waals surface area (Å²) in [7, 11) is -3.75. The number of sulfonamides is 1. The van der Waals surface area contributed by atoms with Crippen molar-refractivity contribution >= 4 is 16.1 Å². The third kappa shape index (κ3) is 2.78.